The van der Waals surface area contributed by atoms with Crippen LogP contribution in [0.4, 0.5) is 13.2 Å². The van der Waals surface area contributed by atoms with Crippen LogP contribution >= 0.6 is 35.3 Å². The van der Waals surface area contributed by atoms with E-state index in [4.69, 9.17) is 4.74 Å². The van der Waals surface area contributed by atoms with E-state index in [9.17, 15) is 18.0 Å². The summed E-state index contributed by atoms with van der Waals surface area (Å²) in [4.78, 5) is 18.8. The Morgan fingerprint density at radius 2 is 1.97 bits per heavy atom. The first-order valence-corrected chi connectivity index (χ1v) is 10.1. The zero-order valence-corrected chi connectivity index (χ0v) is 20.6. The molecule has 2 rings (SSSR count). The quantitative estimate of drug-likeness (QED) is 0.287. The molecule has 172 valence electrons. The summed E-state index contributed by atoms with van der Waals surface area (Å²) >= 11 is 1.57. The van der Waals surface area contributed by atoms with E-state index in [0.29, 0.717) is 18.1 Å². The van der Waals surface area contributed by atoms with Gasteiger partial charge in [0.05, 0.1) is 19.6 Å². The summed E-state index contributed by atoms with van der Waals surface area (Å²) in [6, 6.07) is 8.92. The Morgan fingerprint density at radius 3 is 2.58 bits per heavy atom. The van der Waals surface area contributed by atoms with Crippen LogP contribution in [0.3, 0.4) is 0 Å². The van der Waals surface area contributed by atoms with Crippen LogP contribution in [0.1, 0.15) is 16.0 Å². The molecule has 0 fully saturated rings. The summed E-state index contributed by atoms with van der Waals surface area (Å²) in [6.45, 7) is 1.03. The standard InChI is InChI=1S/C20H25F3N4O2S.HI/c1-14-6-7-15(17(9-14)29-13-20(21,22)23)10-24-19(26-12-18(28)27(2)3)25-11-16-5-4-8-30-16;/h4-9H,10-13H2,1-3H3,(H2,24,25,26);1H. The van der Waals surface area contributed by atoms with Crippen molar-refractivity contribution >= 4 is 47.2 Å². The maximum atomic E-state index is 12.6. The average Bonchev–Trinajstić information content (AvgIpc) is 3.19. The number of aliphatic imine (C=N–C) groups is 1. The van der Waals surface area contributed by atoms with Gasteiger partial charge in [-0.05, 0) is 30.0 Å². The number of aryl methyl sites for hydroxylation is 1. The van der Waals surface area contributed by atoms with Crippen LogP contribution < -0.4 is 15.4 Å². The molecule has 0 unspecified atom stereocenters. The Labute approximate surface area is 200 Å². The fourth-order valence-corrected chi connectivity index (χ4v) is 2.97. The third kappa shape index (κ3) is 10.2. The predicted octanol–water partition coefficient (Wildman–Crippen LogP) is 3.94. The second-order valence-electron chi connectivity index (χ2n) is 6.75. The zero-order chi connectivity index (χ0) is 22.1. The van der Waals surface area contributed by atoms with E-state index < -0.39 is 12.8 Å². The van der Waals surface area contributed by atoms with Crippen LogP contribution in [0.2, 0.25) is 0 Å². The summed E-state index contributed by atoms with van der Waals surface area (Å²) in [5.74, 6) is 0.379. The number of guanidine groups is 1. The van der Waals surface area contributed by atoms with Gasteiger partial charge in [-0.1, -0.05) is 18.2 Å². The molecule has 2 N–H and O–H groups in total. The maximum Gasteiger partial charge on any atom is 0.422 e. The van der Waals surface area contributed by atoms with E-state index in [1.165, 1.54) is 4.90 Å². The molecular weight excluding hydrogens is 544 g/mol. The lowest BCUT2D eigenvalue weighted by atomic mass is 10.1. The largest absolute Gasteiger partial charge is 0.484 e. The van der Waals surface area contributed by atoms with Crippen LogP contribution in [0.5, 0.6) is 5.75 Å². The van der Waals surface area contributed by atoms with Gasteiger partial charge >= 0.3 is 6.18 Å². The number of benzene rings is 1. The molecule has 2 aromatic rings. The molecule has 0 aliphatic rings. The minimum absolute atomic E-state index is 0. The van der Waals surface area contributed by atoms with Crippen molar-refractivity contribution in [2.75, 3.05) is 27.2 Å². The number of thiophene rings is 1. The van der Waals surface area contributed by atoms with Gasteiger partial charge in [-0.3, -0.25) is 4.79 Å². The molecule has 11 heteroatoms. The van der Waals surface area contributed by atoms with E-state index in [-0.39, 0.29) is 48.7 Å². The number of halogens is 4. The number of rotatable bonds is 8. The van der Waals surface area contributed by atoms with Gasteiger partial charge < -0.3 is 20.3 Å². The number of ether oxygens (including phenoxy) is 1. The minimum atomic E-state index is -4.42. The van der Waals surface area contributed by atoms with Crippen molar-refractivity contribution in [1.82, 2.24) is 15.5 Å². The summed E-state index contributed by atoms with van der Waals surface area (Å²) < 4.78 is 42.6. The van der Waals surface area contributed by atoms with Crippen molar-refractivity contribution in [3.05, 3.63) is 51.7 Å². The Hall–Kier alpha value is -2.02. The fraction of sp³-hybridized carbons (Fsp3) is 0.400. The molecule has 0 aliphatic carbocycles. The number of nitrogens with one attached hydrogen (secondary N) is 2. The second-order valence-corrected chi connectivity index (χ2v) is 7.79. The number of alkyl halides is 3. The van der Waals surface area contributed by atoms with E-state index in [2.05, 4.69) is 15.6 Å². The third-order valence-electron chi connectivity index (χ3n) is 3.94. The maximum absolute atomic E-state index is 12.6. The number of amides is 1. The first kappa shape index (κ1) is 27.0. The zero-order valence-electron chi connectivity index (χ0n) is 17.5. The van der Waals surface area contributed by atoms with Crippen molar-refractivity contribution < 1.29 is 22.7 Å². The lowest BCUT2D eigenvalue weighted by Gasteiger charge is -2.16. The van der Waals surface area contributed by atoms with Gasteiger partial charge in [-0.25, -0.2) is 4.99 Å². The number of likely N-dealkylation sites (N-methyl/N-ethyl adjacent to an activating group) is 1. The molecule has 1 amide bonds. The van der Waals surface area contributed by atoms with Crippen molar-refractivity contribution in [3.63, 3.8) is 0 Å². The highest BCUT2D eigenvalue weighted by molar-refractivity contribution is 14.0. The first-order chi connectivity index (χ1) is 14.1. The Morgan fingerprint density at radius 1 is 1.23 bits per heavy atom. The second kappa shape index (κ2) is 12.7. The van der Waals surface area contributed by atoms with Crippen molar-refractivity contribution in [2.24, 2.45) is 4.99 Å². The number of carbonyl (C=O) groups excluding carboxylic acids is 1. The normalized spacial score (nSPS) is 11.5. The van der Waals surface area contributed by atoms with Crippen LogP contribution in [0.25, 0.3) is 0 Å². The van der Waals surface area contributed by atoms with Crippen molar-refractivity contribution in [1.29, 1.82) is 0 Å². The average molecular weight is 570 g/mol. The minimum Gasteiger partial charge on any atom is -0.484 e. The van der Waals surface area contributed by atoms with Gasteiger partial charge in [0, 0.05) is 24.5 Å². The highest BCUT2D eigenvalue weighted by atomic mass is 127. The smallest absolute Gasteiger partial charge is 0.422 e. The Balaban J connectivity index is 0.00000480. The summed E-state index contributed by atoms with van der Waals surface area (Å²) in [5.41, 5.74) is 1.30. The molecule has 31 heavy (non-hydrogen) atoms. The highest BCUT2D eigenvalue weighted by Crippen LogP contribution is 2.24. The Bertz CT molecular complexity index is 859. The monoisotopic (exact) mass is 570 g/mol. The van der Waals surface area contributed by atoms with Crippen LogP contribution in [0.15, 0.2) is 40.7 Å². The van der Waals surface area contributed by atoms with Gasteiger partial charge in [0.2, 0.25) is 5.91 Å². The van der Waals surface area contributed by atoms with Gasteiger partial charge in [0.25, 0.3) is 0 Å². The van der Waals surface area contributed by atoms with Gasteiger partial charge in [-0.15, -0.1) is 35.3 Å². The summed E-state index contributed by atoms with van der Waals surface area (Å²) in [5, 5.41) is 8.04. The number of carbonyl (C=O) groups is 1. The molecule has 1 aromatic carbocycles. The van der Waals surface area contributed by atoms with Crippen LogP contribution in [-0.4, -0.2) is 50.2 Å². The molecule has 0 radical (unpaired) electrons. The van der Waals surface area contributed by atoms with Crippen molar-refractivity contribution in [3.8, 4) is 5.75 Å². The molecule has 6 nitrogen and oxygen atoms in total. The van der Waals surface area contributed by atoms with E-state index >= 15 is 0 Å². The number of hydrogen-bond acceptors (Lipinski definition) is 4. The van der Waals surface area contributed by atoms with Gasteiger partial charge in [0.1, 0.15) is 5.75 Å². The lowest BCUT2D eigenvalue weighted by molar-refractivity contribution is -0.153. The van der Waals surface area contributed by atoms with Crippen LogP contribution in [-0.2, 0) is 17.9 Å². The molecule has 1 aromatic heterocycles. The molecule has 0 saturated heterocycles. The van der Waals surface area contributed by atoms with Crippen molar-refractivity contribution in [2.45, 2.75) is 26.2 Å². The Kier molecular flexibility index (Phi) is 11.1. The molecule has 0 atom stereocenters. The molecule has 1 heterocycles. The molecule has 0 aliphatic heterocycles. The molecule has 0 spiro atoms. The topological polar surface area (TPSA) is 66.0 Å². The predicted molar refractivity (Wildman–Crippen MR) is 127 cm³/mol. The molecule has 0 bridgehead atoms. The summed E-state index contributed by atoms with van der Waals surface area (Å²) in [6.07, 6.45) is -4.42. The highest BCUT2D eigenvalue weighted by Gasteiger charge is 2.28. The molecular formula is C20H26F3IN4O2S. The summed E-state index contributed by atoms with van der Waals surface area (Å²) in [7, 11) is 3.30. The van der Waals surface area contributed by atoms with Gasteiger partial charge in [0.15, 0.2) is 12.6 Å². The SMILES string of the molecule is Cc1ccc(CN=C(NCC(=O)N(C)C)NCc2cccs2)c(OCC(F)(F)F)c1.I. The van der Waals surface area contributed by atoms with Gasteiger partial charge in [-0.2, -0.15) is 13.2 Å². The first-order valence-electron chi connectivity index (χ1n) is 9.18. The lowest BCUT2D eigenvalue weighted by Crippen LogP contribution is -2.42. The van der Waals surface area contributed by atoms with E-state index in [1.807, 2.05) is 17.5 Å². The third-order valence-corrected chi connectivity index (χ3v) is 4.81. The number of nitrogens with zero attached hydrogens (tertiary/aromatic N) is 2. The van der Waals surface area contributed by atoms with E-state index in [0.717, 1.165) is 10.4 Å². The molecule has 0 saturated carbocycles. The van der Waals surface area contributed by atoms with E-state index in [1.54, 1.807) is 50.6 Å². The van der Waals surface area contributed by atoms with Crippen LogP contribution in [0, 0.1) is 6.92 Å². The number of hydrogen-bond donors (Lipinski definition) is 2. The fourth-order valence-electron chi connectivity index (χ4n) is 2.33.